The van der Waals surface area contributed by atoms with Gasteiger partial charge in [-0.1, -0.05) is 30.3 Å². The molecule has 0 bridgehead atoms. The van der Waals surface area contributed by atoms with Gasteiger partial charge in [0.05, 0.1) is 14.2 Å². The van der Waals surface area contributed by atoms with Crippen molar-refractivity contribution in [3.8, 4) is 11.5 Å². The molecule has 128 valence electrons. The molecule has 0 saturated heterocycles. The fourth-order valence-corrected chi connectivity index (χ4v) is 3.58. The van der Waals surface area contributed by atoms with Crippen molar-refractivity contribution in [2.75, 3.05) is 14.2 Å². The number of carbonyl (C=O) groups excluding carboxylic acids is 1. The molecule has 0 heterocycles. The number of hydrogen-bond donors (Lipinski definition) is 2. The van der Waals surface area contributed by atoms with Gasteiger partial charge < -0.3 is 9.47 Å². The molecule has 2 aromatic rings. The fraction of sp³-hybridized carbons (Fsp3) is 0.278. The van der Waals surface area contributed by atoms with Crippen LogP contribution in [0.25, 0.3) is 0 Å². The van der Waals surface area contributed by atoms with E-state index >= 15 is 0 Å². The van der Waals surface area contributed by atoms with Crippen molar-refractivity contribution in [2.45, 2.75) is 23.0 Å². The standard InChI is InChI=1S/C18H21NO4S/c1-22-16-9-8-14(11-17(16)23-2)24-15(12-18(20)19-21)10-13-6-4-3-5-7-13/h3-9,11,15,21H,10,12H2,1-2H3,(H,19,20). The van der Waals surface area contributed by atoms with E-state index in [1.807, 2.05) is 48.5 Å². The van der Waals surface area contributed by atoms with Gasteiger partial charge in [0, 0.05) is 16.6 Å². The predicted octanol–water partition coefficient (Wildman–Crippen LogP) is 3.30. The van der Waals surface area contributed by atoms with E-state index in [2.05, 4.69) is 0 Å². The number of nitrogens with one attached hydrogen (secondary N) is 1. The van der Waals surface area contributed by atoms with E-state index < -0.39 is 5.91 Å². The Balaban J connectivity index is 2.16. The molecular formula is C18H21NO4S. The van der Waals surface area contributed by atoms with E-state index in [4.69, 9.17) is 14.7 Å². The van der Waals surface area contributed by atoms with E-state index in [1.54, 1.807) is 31.5 Å². The zero-order chi connectivity index (χ0) is 17.4. The van der Waals surface area contributed by atoms with Crippen LogP contribution in [0.1, 0.15) is 12.0 Å². The minimum Gasteiger partial charge on any atom is -0.493 e. The topological polar surface area (TPSA) is 67.8 Å². The molecule has 0 aliphatic rings. The Hall–Kier alpha value is -2.18. The lowest BCUT2D eigenvalue weighted by molar-refractivity contribution is -0.129. The van der Waals surface area contributed by atoms with Gasteiger partial charge in [0.1, 0.15) is 0 Å². The molecule has 0 aliphatic carbocycles. The van der Waals surface area contributed by atoms with Crippen molar-refractivity contribution in [1.82, 2.24) is 5.48 Å². The monoisotopic (exact) mass is 347 g/mol. The summed E-state index contributed by atoms with van der Waals surface area (Å²) in [7, 11) is 3.18. The third-order valence-corrected chi connectivity index (χ3v) is 4.69. The van der Waals surface area contributed by atoms with Crippen LogP contribution in [-0.4, -0.2) is 30.6 Å². The highest BCUT2D eigenvalue weighted by Crippen LogP contribution is 2.35. The summed E-state index contributed by atoms with van der Waals surface area (Å²) in [6.07, 6.45) is 0.928. The molecule has 0 fully saturated rings. The minimum atomic E-state index is -0.399. The maximum absolute atomic E-state index is 11.6. The second-order valence-corrected chi connectivity index (χ2v) is 6.56. The summed E-state index contributed by atoms with van der Waals surface area (Å²) in [5.74, 6) is 0.908. The SMILES string of the molecule is COc1ccc(SC(CC(=O)NO)Cc2ccccc2)cc1OC. The van der Waals surface area contributed by atoms with Gasteiger partial charge >= 0.3 is 0 Å². The van der Waals surface area contributed by atoms with Crippen LogP contribution in [0.3, 0.4) is 0 Å². The summed E-state index contributed by atoms with van der Waals surface area (Å²) in [5, 5.41) is 8.80. The minimum absolute atomic E-state index is 0.0161. The van der Waals surface area contributed by atoms with Crippen molar-refractivity contribution in [1.29, 1.82) is 0 Å². The average molecular weight is 347 g/mol. The number of carbonyl (C=O) groups is 1. The molecule has 2 rings (SSSR count). The van der Waals surface area contributed by atoms with Gasteiger partial charge in [-0.05, 0) is 30.2 Å². The Kier molecular flexibility index (Phi) is 6.96. The number of thioether (sulfide) groups is 1. The normalized spacial score (nSPS) is 11.6. The Morgan fingerprint density at radius 3 is 2.46 bits per heavy atom. The van der Waals surface area contributed by atoms with E-state index in [-0.39, 0.29) is 11.7 Å². The van der Waals surface area contributed by atoms with Crippen molar-refractivity contribution in [3.63, 3.8) is 0 Å². The summed E-state index contributed by atoms with van der Waals surface area (Å²) in [6.45, 7) is 0. The lowest BCUT2D eigenvalue weighted by Gasteiger charge is -2.17. The Morgan fingerprint density at radius 2 is 1.83 bits per heavy atom. The Morgan fingerprint density at radius 1 is 1.12 bits per heavy atom. The first-order valence-corrected chi connectivity index (χ1v) is 8.39. The van der Waals surface area contributed by atoms with Gasteiger partial charge in [0.15, 0.2) is 11.5 Å². The zero-order valence-corrected chi connectivity index (χ0v) is 14.5. The highest BCUT2D eigenvalue weighted by molar-refractivity contribution is 8.00. The second kappa shape index (κ2) is 9.20. The molecule has 1 amide bonds. The molecule has 5 nitrogen and oxygen atoms in total. The highest BCUT2D eigenvalue weighted by atomic mass is 32.2. The molecule has 1 unspecified atom stereocenters. The first kappa shape index (κ1) is 18.2. The largest absolute Gasteiger partial charge is 0.493 e. The zero-order valence-electron chi connectivity index (χ0n) is 13.7. The van der Waals surface area contributed by atoms with Crippen molar-refractivity contribution < 1.29 is 19.5 Å². The summed E-state index contributed by atoms with van der Waals surface area (Å²) < 4.78 is 10.6. The van der Waals surface area contributed by atoms with Crippen LogP contribution >= 0.6 is 11.8 Å². The summed E-state index contributed by atoms with van der Waals surface area (Å²) in [4.78, 5) is 12.6. The summed E-state index contributed by atoms with van der Waals surface area (Å²) in [5.41, 5.74) is 2.85. The van der Waals surface area contributed by atoms with Crippen LogP contribution in [0, 0.1) is 0 Å². The molecule has 1 atom stereocenters. The van der Waals surface area contributed by atoms with Gasteiger partial charge in [-0.25, -0.2) is 5.48 Å². The third-order valence-electron chi connectivity index (χ3n) is 3.50. The first-order valence-electron chi connectivity index (χ1n) is 7.51. The molecule has 0 radical (unpaired) electrons. The molecule has 0 spiro atoms. The number of methoxy groups -OCH3 is 2. The van der Waals surface area contributed by atoms with Gasteiger partial charge in [-0.2, -0.15) is 0 Å². The number of benzene rings is 2. The fourth-order valence-electron chi connectivity index (χ4n) is 2.37. The number of hydrogen-bond acceptors (Lipinski definition) is 5. The van der Waals surface area contributed by atoms with E-state index in [0.29, 0.717) is 17.9 Å². The molecule has 2 aromatic carbocycles. The summed E-state index contributed by atoms with van der Waals surface area (Å²) >= 11 is 1.57. The molecule has 6 heteroatoms. The Labute approximate surface area is 145 Å². The lowest BCUT2D eigenvalue weighted by atomic mass is 10.1. The van der Waals surface area contributed by atoms with Gasteiger partial charge in [0.2, 0.25) is 5.91 Å². The number of hydroxylamine groups is 1. The van der Waals surface area contributed by atoms with Crippen molar-refractivity contribution >= 4 is 17.7 Å². The summed E-state index contributed by atoms with van der Waals surface area (Å²) in [6, 6.07) is 15.6. The van der Waals surface area contributed by atoms with Crippen LogP contribution in [-0.2, 0) is 11.2 Å². The van der Waals surface area contributed by atoms with Crippen LogP contribution in [0.15, 0.2) is 53.4 Å². The van der Waals surface area contributed by atoms with Crippen molar-refractivity contribution in [2.24, 2.45) is 0 Å². The average Bonchev–Trinajstić information content (AvgIpc) is 2.62. The number of rotatable bonds is 8. The van der Waals surface area contributed by atoms with Gasteiger partial charge in [-0.15, -0.1) is 11.8 Å². The first-order chi connectivity index (χ1) is 11.7. The smallest absolute Gasteiger partial charge is 0.244 e. The van der Waals surface area contributed by atoms with Crippen LogP contribution in [0.2, 0.25) is 0 Å². The highest BCUT2D eigenvalue weighted by Gasteiger charge is 2.17. The predicted molar refractivity (Wildman–Crippen MR) is 93.9 cm³/mol. The molecule has 24 heavy (non-hydrogen) atoms. The van der Waals surface area contributed by atoms with Crippen molar-refractivity contribution in [3.05, 3.63) is 54.1 Å². The molecule has 0 aliphatic heterocycles. The molecule has 0 saturated carbocycles. The van der Waals surface area contributed by atoms with Crippen LogP contribution < -0.4 is 15.0 Å². The third kappa shape index (κ3) is 5.18. The van der Waals surface area contributed by atoms with E-state index in [9.17, 15) is 4.79 Å². The van der Waals surface area contributed by atoms with Crippen LogP contribution in [0.5, 0.6) is 11.5 Å². The van der Waals surface area contributed by atoms with Crippen LogP contribution in [0.4, 0.5) is 0 Å². The molecule has 0 aromatic heterocycles. The van der Waals surface area contributed by atoms with Gasteiger partial charge in [-0.3, -0.25) is 10.0 Å². The van der Waals surface area contributed by atoms with E-state index in [0.717, 1.165) is 10.5 Å². The lowest BCUT2D eigenvalue weighted by Crippen LogP contribution is -2.24. The number of amides is 1. The second-order valence-electron chi connectivity index (χ2n) is 5.19. The molecule has 2 N–H and O–H groups in total. The maximum Gasteiger partial charge on any atom is 0.244 e. The Bertz CT molecular complexity index is 663. The number of ether oxygens (including phenoxy) is 2. The van der Waals surface area contributed by atoms with Gasteiger partial charge in [0.25, 0.3) is 0 Å². The van der Waals surface area contributed by atoms with E-state index in [1.165, 1.54) is 0 Å². The molecular weight excluding hydrogens is 326 g/mol. The quantitative estimate of drug-likeness (QED) is 0.436. The maximum atomic E-state index is 11.6.